The van der Waals surface area contributed by atoms with Crippen molar-refractivity contribution in [2.24, 2.45) is 11.1 Å². The summed E-state index contributed by atoms with van der Waals surface area (Å²) in [5.74, 6) is 5.62. The highest BCUT2D eigenvalue weighted by molar-refractivity contribution is 5.00. The van der Waals surface area contributed by atoms with Gasteiger partial charge in [0.2, 0.25) is 0 Å². The number of nitrogens with two attached hydrogens (primary N) is 1. The van der Waals surface area contributed by atoms with Crippen LogP contribution in [0.5, 0.6) is 0 Å². The average Bonchev–Trinajstić information content (AvgIpc) is 2.02. The summed E-state index contributed by atoms with van der Waals surface area (Å²) in [4.78, 5) is 0. The Hall–Kier alpha value is -0.550. The van der Waals surface area contributed by atoms with Gasteiger partial charge in [-0.2, -0.15) is 0 Å². The summed E-state index contributed by atoms with van der Waals surface area (Å²) in [6.45, 7) is 7.46. The van der Waals surface area contributed by atoms with Crippen LogP contribution in [0.3, 0.4) is 0 Å². The Balaban J connectivity index is 4.34. The molecule has 0 aromatic carbocycles. The molecule has 0 amide bonds. The van der Waals surface area contributed by atoms with Crippen LogP contribution in [0.2, 0.25) is 0 Å². The summed E-state index contributed by atoms with van der Waals surface area (Å²) in [7, 11) is 0. The maximum absolute atomic E-state index is 14.2. The molecule has 0 radical (unpaired) electrons. The van der Waals surface area contributed by atoms with E-state index in [0.717, 1.165) is 0 Å². The van der Waals surface area contributed by atoms with Crippen molar-refractivity contribution in [3.63, 3.8) is 0 Å². The summed E-state index contributed by atoms with van der Waals surface area (Å²) in [5.41, 5.74) is 3.75. The van der Waals surface area contributed by atoms with Crippen molar-refractivity contribution in [3.8, 4) is 11.8 Å². The monoisotopic (exact) mass is 185 g/mol. The molecule has 1 atom stereocenters. The lowest BCUT2D eigenvalue weighted by Gasteiger charge is -2.36. The molecule has 0 saturated carbocycles. The average molecular weight is 185 g/mol. The van der Waals surface area contributed by atoms with E-state index in [1.807, 2.05) is 20.8 Å². The fourth-order valence-electron chi connectivity index (χ4n) is 1.17. The summed E-state index contributed by atoms with van der Waals surface area (Å²) >= 11 is 0. The van der Waals surface area contributed by atoms with Crippen LogP contribution in [0.25, 0.3) is 0 Å². The van der Waals surface area contributed by atoms with Gasteiger partial charge < -0.3 is 5.73 Å². The molecule has 0 rings (SSSR count). The third-order valence-electron chi connectivity index (χ3n) is 2.49. The molecule has 0 aliphatic heterocycles. The number of rotatable bonds is 3. The van der Waals surface area contributed by atoms with Crippen molar-refractivity contribution in [1.82, 2.24) is 0 Å². The van der Waals surface area contributed by atoms with E-state index in [1.165, 1.54) is 0 Å². The van der Waals surface area contributed by atoms with E-state index in [0.29, 0.717) is 12.8 Å². The first-order valence-corrected chi connectivity index (χ1v) is 4.66. The fourth-order valence-corrected chi connectivity index (χ4v) is 1.17. The molecule has 0 heterocycles. The van der Waals surface area contributed by atoms with Gasteiger partial charge in [0.1, 0.15) is 5.67 Å². The summed E-state index contributed by atoms with van der Waals surface area (Å²) < 4.78 is 14.2. The van der Waals surface area contributed by atoms with Crippen molar-refractivity contribution in [3.05, 3.63) is 0 Å². The quantitative estimate of drug-likeness (QED) is 0.672. The predicted molar refractivity (Wildman–Crippen MR) is 55.0 cm³/mol. The molecule has 0 aliphatic rings. The van der Waals surface area contributed by atoms with E-state index in [9.17, 15) is 4.39 Å². The van der Waals surface area contributed by atoms with Gasteiger partial charge in [-0.05, 0) is 18.8 Å². The van der Waals surface area contributed by atoms with Crippen LogP contribution in [-0.2, 0) is 0 Å². The van der Waals surface area contributed by atoms with E-state index in [1.54, 1.807) is 6.92 Å². The highest BCUT2D eigenvalue weighted by atomic mass is 19.1. The molecular weight excluding hydrogens is 165 g/mol. The summed E-state index contributed by atoms with van der Waals surface area (Å²) in [5, 5.41) is 0. The molecule has 0 aromatic heterocycles. The number of hydrogen-bond donors (Lipinski definition) is 1. The van der Waals surface area contributed by atoms with Gasteiger partial charge in [0.15, 0.2) is 0 Å². The molecule has 76 valence electrons. The maximum atomic E-state index is 14.2. The summed E-state index contributed by atoms with van der Waals surface area (Å²) in [6.07, 6.45) is 1.01. The molecule has 0 fully saturated rings. The Labute approximate surface area is 80.9 Å². The van der Waals surface area contributed by atoms with Crippen LogP contribution in [-0.4, -0.2) is 12.2 Å². The van der Waals surface area contributed by atoms with Gasteiger partial charge in [-0.3, -0.25) is 0 Å². The molecule has 0 bridgehead atoms. The molecule has 1 unspecified atom stereocenters. The van der Waals surface area contributed by atoms with Crippen molar-refractivity contribution < 1.29 is 4.39 Å². The smallest absolute Gasteiger partial charge is 0.128 e. The van der Waals surface area contributed by atoms with E-state index in [2.05, 4.69) is 11.8 Å². The molecule has 0 saturated heterocycles. The molecule has 0 aromatic rings. The highest BCUT2D eigenvalue weighted by Gasteiger charge is 2.40. The number of hydrogen-bond acceptors (Lipinski definition) is 1. The lowest BCUT2D eigenvalue weighted by Crippen LogP contribution is -2.45. The van der Waals surface area contributed by atoms with Gasteiger partial charge in [0.05, 0.1) is 0 Å². The minimum Gasteiger partial charge on any atom is -0.328 e. The zero-order valence-electron chi connectivity index (χ0n) is 9.08. The normalized spacial score (nSPS) is 15.8. The topological polar surface area (TPSA) is 26.0 Å². The van der Waals surface area contributed by atoms with Crippen LogP contribution >= 0.6 is 0 Å². The SMILES string of the molecule is CC#CCCC(F)(CN)C(C)(C)C. The summed E-state index contributed by atoms with van der Waals surface area (Å²) in [6, 6.07) is 0. The van der Waals surface area contributed by atoms with Gasteiger partial charge >= 0.3 is 0 Å². The zero-order chi connectivity index (χ0) is 10.5. The second-order valence-corrected chi connectivity index (χ2v) is 4.35. The second kappa shape index (κ2) is 4.62. The first-order valence-electron chi connectivity index (χ1n) is 4.66. The van der Waals surface area contributed by atoms with Crippen LogP contribution < -0.4 is 5.73 Å². The minimum absolute atomic E-state index is 0.0713. The molecule has 2 heteroatoms. The maximum Gasteiger partial charge on any atom is 0.128 e. The minimum atomic E-state index is -1.29. The van der Waals surface area contributed by atoms with Crippen molar-refractivity contribution in [2.75, 3.05) is 6.54 Å². The Morgan fingerprint density at radius 2 is 1.85 bits per heavy atom. The predicted octanol–water partition coefficient (Wildman–Crippen LogP) is 2.50. The van der Waals surface area contributed by atoms with Gasteiger partial charge in [0.25, 0.3) is 0 Å². The lowest BCUT2D eigenvalue weighted by atomic mass is 9.75. The molecule has 0 spiro atoms. The van der Waals surface area contributed by atoms with Crippen molar-refractivity contribution in [2.45, 2.75) is 46.2 Å². The van der Waals surface area contributed by atoms with E-state index in [-0.39, 0.29) is 6.54 Å². The standard InChI is InChI=1S/C11H20FN/c1-5-6-7-8-11(12,9-13)10(2,3)4/h7-9,13H2,1-4H3. The van der Waals surface area contributed by atoms with E-state index in [4.69, 9.17) is 5.73 Å². The Bertz CT molecular complexity index is 206. The third-order valence-corrected chi connectivity index (χ3v) is 2.49. The van der Waals surface area contributed by atoms with Gasteiger partial charge in [0, 0.05) is 13.0 Å². The second-order valence-electron chi connectivity index (χ2n) is 4.35. The molecule has 1 nitrogen and oxygen atoms in total. The van der Waals surface area contributed by atoms with Crippen LogP contribution in [0.4, 0.5) is 4.39 Å². The third kappa shape index (κ3) is 3.36. The number of halogens is 1. The zero-order valence-corrected chi connectivity index (χ0v) is 9.08. The largest absolute Gasteiger partial charge is 0.328 e. The fraction of sp³-hybridized carbons (Fsp3) is 0.818. The molecule has 2 N–H and O–H groups in total. The molecule has 0 aliphatic carbocycles. The van der Waals surface area contributed by atoms with E-state index < -0.39 is 11.1 Å². The van der Waals surface area contributed by atoms with Crippen molar-refractivity contribution in [1.29, 1.82) is 0 Å². The van der Waals surface area contributed by atoms with Gasteiger partial charge in [-0.15, -0.1) is 11.8 Å². The first-order chi connectivity index (χ1) is 5.87. The first kappa shape index (κ1) is 12.4. The Morgan fingerprint density at radius 1 is 1.31 bits per heavy atom. The molecule has 13 heavy (non-hydrogen) atoms. The Morgan fingerprint density at radius 3 is 2.15 bits per heavy atom. The van der Waals surface area contributed by atoms with Crippen LogP contribution in [0.1, 0.15) is 40.5 Å². The van der Waals surface area contributed by atoms with E-state index >= 15 is 0 Å². The van der Waals surface area contributed by atoms with Crippen molar-refractivity contribution >= 4 is 0 Å². The lowest BCUT2D eigenvalue weighted by molar-refractivity contribution is 0.0307. The number of alkyl halides is 1. The van der Waals surface area contributed by atoms with Gasteiger partial charge in [-0.25, -0.2) is 4.39 Å². The van der Waals surface area contributed by atoms with Crippen LogP contribution in [0.15, 0.2) is 0 Å². The van der Waals surface area contributed by atoms with Gasteiger partial charge in [-0.1, -0.05) is 20.8 Å². The van der Waals surface area contributed by atoms with Crippen LogP contribution in [0, 0.1) is 17.3 Å². The molecular formula is C11H20FN. The highest BCUT2D eigenvalue weighted by Crippen LogP contribution is 2.36. The Kier molecular flexibility index (Phi) is 4.43.